The molecule has 0 spiro atoms. The summed E-state index contributed by atoms with van der Waals surface area (Å²) >= 11 is 0. The van der Waals surface area contributed by atoms with E-state index in [4.69, 9.17) is 9.47 Å². The Balaban J connectivity index is 1.23. The van der Waals surface area contributed by atoms with Crippen LogP contribution in [0.3, 0.4) is 0 Å². The maximum absolute atomic E-state index is 5.57. The van der Waals surface area contributed by atoms with Gasteiger partial charge in [0, 0.05) is 25.6 Å². The average Bonchev–Trinajstić information content (AvgIpc) is 3.24. The number of benzene rings is 2. The molecule has 6 rings (SSSR count). The number of rotatable bonds is 4. The van der Waals surface area contributed by atoms with Crippen LogP contribution >= 0.6 is 0 Å². The van der Waals surface area contributed by atoms with Gasteiger partial charge in [0.2, 0.25) is 0 Å². The molecule has 37 heavy (non-hydrogen) atoms. The number of hydrogen-bond acceptors (Lipinski definition) is 3. The van der Waals surface area contributed by atoms with Crippen molar-refractivity contribution >= 4 is 17.7 Å². The lowest BCUT2D eigenvalue weighted by Gasteiger charge is -2.31. The molecule has 1 aliphatic heterocycles. The Labute approximate surface area is 220 Å². The molecule has 1 atom stereocenters. The van der Waals surface area contributed by atoms with Crippen molar-refractivity contribution in [3.8, 4) is 0 Å². The largest absolute Gasteiger partial charge is 0.493 e. The summed E-state index contributed by atoms with van der Waals surface area (Å²) in [6, 6.07) is 17.7. The van der Waals surface area contributed by atoms with Crippen molar-refractivity contribution < 1.29 is 9.47 Å². The third-order valence-electron chi connectivity index (χ3n) is 7.81. The Kier molecular flexibility index (Phi) is 6.55. The molecule has 0 amide bonds. The van der Waals surface area contributed by atoms with E-state index >= 15 is 0 Å². The molecular formula is C34H33NO2. The third kappa shape index (κ3) is 4.68. The van der Waals surface area contributed by atoms with Crippen molar-refractivity contribution in [1.29, 1.82) is 0 Å². The molecule has 3 aliphatic carbocycles. The Morgan fingerprint density at radius 3 is 2.08 bits per heavy atom. The summed E-state index contributed by atoms with van der Waals surface area (Å²) in [7, 11) is 3.39. The van der Waals surface area contributed by atoms with Gasteiger partial charge in [-0.15, -0.1) is 0 Å². The van der Waals surface area contributed by atoms with E-state index in [0.717, 1.165) is 44.0 Å². The fraction of sp³-hybridized carbons (Fsp3) is 0.235. The molecule has 1 unspecified atom stereocenters. The molecule has 1 saturated heterocycles. The van der Waals surface area contributed by atoms with Crippen LogP contribution in [0.25, 0.3) is 17.7 Å². The molecule has 4 aliphatic rings. The summed E-state index contributed by atoms with van der Waals surface area (Å²) < 4.78 is 11.1. The fourth-order valence-electron chi connectivity index (χ4n) is 5.90. The Hall–Kier alpha value is -3.82. The number of fused-ring (bicyclic) bond motifs is 3. The van der Waals surface area contributed by atoms with Gasteiger partial charge in [0.25, 0.3) is 0 Å². The van der Waals surface area contributed by atoms with Crippen LogP contribution in [0.2, 0.25) is 0 Å². The van der Waals surface area contributed by atoms with E-state index in [2.05, 4.69) is 102 Å². The standard InChI is InChI=1S/C34H33NO2/c1-36-32-21-28-11-7-8-24(20-29(28)22-33(32)37-2)23-35-18-16-27(17-19-35)34-30-12-5-3-9-25(30)14-15-26-10-4-6-13-31(26)34/h3-15,20-22,29H,16-19,23H2,1-2H3. The second-order valence-corrected chi connectivity index (χ2v) is 10.0. The second-order valence-electron chi connectivity index (χ2n) is 10.0. The third-order valence-corrected chi connectivity index (χ3v) is 7.81. The molecule has 0 bridgehead atoms. The first-order valence-corrected chi connectivity index (χ1v) is 13.2. The minimum absolute atomic E-state index is 0.202. The van der Waals surface area contributed by atoms with E-state index in [1.165, 1.54) is 39.0 Å². The molecular weight excluding hydrogens is 454 g/mol. The lowest BCUT2D eigenvalue weighted by atomic mass is 9.86. The van der Waals surface area contributed by atoms with E-state index in [0.29, 0.717) is 0 Å². The summed E-state index contributed by atoms with van der Waals surface area (Å²) in [5.74, 6) is 1.78. The minimum Gasteiger partial charge on any atom is -0.493 e. The highest BCUT2D eigenvalue weighted by Gasteiger charge is 2.24. The van der Waals surface area contributed by atoms with Crippen LogP contribution in [0.15, 0.2) is 113 Å². The van der Waals surface area contributed by atoms with E-state index < -0.39 is 0 Å². The van der Waals surface area contributed by atoms with E-state index in [1.807, 2.05) is 0 Å². The van der Waals surface area contributed by atoms with Crippen LogP contribution in [0, 0.1) is 5.92 Å². The summed E-state index contributed by atoms with van der Waals surface area (Å²) in [5.41, 5.74) is 10.9. The highest BCUT2D eigenvalue weighted by atomic mass is 16.5. The molecule has 3 nitrogen and oxygen atoms in total. The number of nitrogens with zero attached hydrogens (tertiary/aromatic N) is 1. The van der Waals surface area contributed by atoms with E-state index in [1.54, 1.807) is 19.8 Å². The van der Waals surface area contributed by atoms with Gasteiger partial charge in [-0.05, 0) is 64.0 Å². The van der Waals surface area contributed by atoms with Crippen LogP contribution < -0.4 is 0 Å². The van der Waals surface area contributed by atoms with Gasteiger partial charge in [0.15, 0.2) is 11.5 Å². The van der Waals surface area contributed by atoms with Gasteiger partial charge in [0.1, 0.15) is 0 Å². The van der Waals surface area contributed by atoms with Crippen LogP contribution in [0.4, 0.5) is 0 Å². The van der Waals surface area contributed by atoms with Crippen molar-refractivity contribution in [2.45, 2.75) is 12.8 Å². The van der Waals surface area contributed by atoms with Crippen molar-refractivity contribution in [1.82, 2.24) is 4.90 Å². The van der Waals surface area contributed by atoms with Gasteiger partial charge in [-0.25, -0.2) is 0 Å². The predicted octanol–water partition coefficient (Wildman–Crippen LogP) is 7.18. The van der Waals surface area contributed by atoms with Crippen LogP contribution in [-0.4, -0.2) is 38.8 Å². The van der Waals surface area contributed by atoms with Crippen LogP contribution in [-0.2, 0) is 9.47 Å². The van der Waals surface area contributed by atoms with Crippen LogP contribution in [0.5, 0.6) is 0 Å². The predicted molar refractivity (Wildman–Crippen MR) is 152 cm³/mol. The van der Waals surface area contributed by atoms with Gasteiger partial charge < -0.3 is 9.47 Å². The monoisotopic (exact) mass is 487 g/mol. The first-order valence-electron chi connectivity index (χ1n) is 13.2. The van der Waals surface area contributed by atoms with Crippen LogP contribution in [0.1, 0.15) is 35.1 Å². The lowest BCUT2D eigenvalue weighted by Crippen LogP contribution is -2.32. The number of likely N-dealkylation sites (tertiary alicyclic amines) is 1. The lowest BCUT2D eigenvalue weighted by molar-refractivity contribution is 0.216. The Morgan fingerprint density at radius 2 is 1.43 bits per heavy atom. The van der Waals surface area contributed by atoms with E-state index in [-0.39, 0.29) is 5.92 Å². The van der Waals surface area contributed by atoms with Crippen molar-refractivity contribution in [3.05, 3.63) is 135 Å². The number of piperidine rings is 1. The SMILES string of the molecule is COC1=CC2=CC=CC(CN3CCC(=C4c5ccccc5C=Cc5ccccc54)CC3)=CC2C=C1OC. The normalized spacial score (nSPS) is 20.9. The number of methoxy groups -OCH3 is 2. The quantitative estimate of drug-likeness (QED) is 0.389. The molecule has 0 N–H and O–H groups in total. The minimum atomic E-state index is 0.202. The van der Waals surface area contributed by atoms with Gasteiger partial charge in [0.05, 0.1) is 14.2 Å². The zero-order chi connectivity index (χ0) is 25.2. The number of hydrogen-bond donors (Lipinski definition) is 0. The molecule has 2 aromatic carbocycles. The molecule has 186 valence electrons. The average molecular weight is 488 g/mol. The highest BCUT2D eigenvalue weighted by molar-refractivity contribution is 5.94. The highest BCUT2D eigenvalue weighted by Crippen LogP contribution is 2.39. The molecule has 1 fully saturated rings. The molecule has 0 saturated carbocycles. The summed E-state index contributed by atoms with van der Waals surface area (Å²) in [6.45, 7) is 3.10. The van der Waals surface area contributed by atoms with Crippen molar-refractivity contribution in [3.63, 3.8) is 0 Å². The zero-order valence-electron chi connectivity index (χ0n) is 21.6. The van der Waals surface area contributed by atoms with Gasteiger partial charge >= 0.3 is 0 Å². The first kappa shape index (κ1) is 23.6. The fourth-order valence-corrected chi connectivity index (χ4v) is 5.90. The summed E-state index contributed by atoms with van der Waals surface area (Å²) in [6.07, 6.45) is 19.9. The smallest absolute Gasteiger partial charge is 0.160 e. The van der Waals surface area contributed by atoms with Gasteiger partial charge in [-0.1, -0.05) is 90.6 Å². The van der Waals surface area contributed by atoms with Gasteiger partial charge in [-0.2, -0.15) is 0 Å². The molecule has 3 heteroatoms. The Morgan fingerprint density at radius 1 is 0.784 bits per heavy atom. The zero-order valence-corrected chi connectivity index (χ0v) is 21.6. The first-order chi connectivity index (χ1) is 18.2. The maximum Gasteiger partial charge on any atom is 0.160 e. The van der Waals surface area contributed by atoms with E-state index in [9.17, 15) is 0 Å². The van der Waals surface area contributed by atoms with Gasteiger partial charge in [-0.3, -0.25) is 4.90 Å². The maximum atomic E-state index is 5.57. The number of ether oxygens (including phenoxy) is 2. The Bertz CT molecular complexity index is 1370. The second kappa shape index (κ2) is 10.3. The number of allylic oxidation sites excluding steroid dienone is 6. The molecule has 0 radical (unpaired) electrons. The van der Waals surface area contributed by atoms with Crippen molar-refractivity contribution in [2.24, 2.45) is 5.92 Å². The summed E-state index contributed by atoms with van der Waals surface area (Å²) in [4.78, 5) is 2.60. The molecule has 1 heterocycles. The molecule has 2 aromatic rings. The van der Waals surface area contributed by atoms with Crippen molar-refractivity contribution in [2.75, 3.05) is 33.9 Å². The summed E-state index contributed by atoms with van der Waals surface area (Å²) in [5, 5.41) is 0. The molecule has 0 aromatic heterocycles. The topological polar surface area (TPSA) is 21.7 Å².